The van der Waals surface area contributed by atoms with E-state index in [0.717, 1.165) is 4.31 Å². The number of nitrogens with one attached hydrogen (secondary N) is 1. The Morgan fingerprint density at radius 1 is 0.923 bits per heavy atom. The maximum atomic E-state index is 13.9. The molecule has 0 spiro atoms. The zero-order valence-corrected chi connectivity index (χ0v) is 24.1. The molecule has 1 atom stereocenters. The van der Waals surface area contributed by atoms with Gasteiger partial charge in [-0.1, -0.05) is 61.8 Å². The van der Waals surface area contributed by atoms with Crippen LogP contribution >= 0.6 is 11.6 Å². The molecule has 0 saturated carbocycles. The van der Waals surface area contributed by atoms with Crippen LogP contribution in [0.25, 0.3) is 0 Å². The van der Waals surface area contributed by atoms with Crippen LogP contribution in [0.4, 0.5) is 5.69 Å². The van der Waals surface area contributed by atoms with Crippen molar-refractivity contribution in [2.45, 2.75) is 38.3 Å². The SMILES string of the molecule is COc1ccc(S(=O)(=O)N(CC(=O)N(Cc2ccccc2Cl)[C@@H](C)C(=O)NCC(C)C)c2ccccc2)cc1. The van der Waals surface area contributed by atoms with Gasteiger partial charge in [-0.25, -0.2) is 8.42 Å². The Labute approximate surface area is 235 Å². The van der Waals surface area contributed by atoms with E-state index in [0.29, 0.717) is 28.6 Å². The molecule has 208 valence electrons. The van der Waals surface area contributed by atoms with Gasteiger partial charge >= 0.3 is 0 Å². The number of carbonyl (C=O) groups is 2. The highest BCUT2D eigenvalue weighted by molar-refractivity contribution is 7.92. The summed E-state index contributed by atoms with van der Waals surface area (Å²) in [6.07, 6.45) is 0. The van der Waals surface area contributed by atoms with E-state index >= 15 is 0 Å². The molecule has 0 unspecified atom stereocenters. The number of benzene rings is 3. The quantitative estimate of drug-likeness (QED) is 0.339. The van der Waals surface area contributed by atoms with Crippen molar-refractivity contribution < 1.29 is 22.7 Å². The number of methoxy groups -OCH3 is 1. The van der Waals surface area contributed by atoms with Gasteiger partial charge in [-0.3, -0.25) is 13.9 Å². The highest BCUT2D eigenvalue weighted by atomic mass is 35.5. The third kappa shape index (κ3) is 7.74. The smallest absolute Gasteiger partial charge is 0.264 e. The van der Waals surface area contributed by atoms with E-state index in [1.165, 1.54) is 24.1 Å². The van der Waals surface area contributed by atoms with E-state index in [9.17, 15) is 18.0 Å². The summed E-state index contributed by atoms with van der Waals surface area (Å²) in [5, 5.41) is 3.30. The molecule has 0 fully saturated rings. The third-order valence-electron chi connectivity index (χ3n) is 6.12. The summed E-state index contributed by atoms with van der Waals surface area (Å²) in [4.78, 5) is 28.3. The number of hydrogen-bond acceptors (Lipinski definition) is 5. The molecule has 2 amide bonds. The van der Waals surface area contributed by atoms with Gasteiger partial charge in [-0.05, 0) is 60.9 Å². The lowest BCUT2D eigenvalue weighted by molar-refractivity contribution is -0.139. The van der Waals surface area contributed by atoms with E-state index in [1.807, 2.05) is 13.8 Å². The number of amides is 2. The monoisotopic (exact) mass is 571 g/mol. The topological polar surface area (TPSA) is 96.0 Å². The second-order valence-electron chi connectivity index (χ2n) is 9.45. The molecule has 8 nitrogen and oxygen atoms in total. The summed E-state index contributed by atoms with van der Waals surface area (Å²) in [6, 6.07) is 20.5. The first kappa shape index (κ1) is 30.0. The number of hydrogen-bond donors (Lipinski definition) is 1. The van der Waals surface area contributed by atoms with Crippen LogP contribution in [0.15, 0.2) is 83.8 Å². The Morgan fingerprint density at radius 3 is 2.13 bits per heavy atom. The minimum Gasteiger partial charge on any atom is -0.497 e. The lowest BCUT2D eigenvalue weighted by Crippen LogP contribution is -2.51. The van der Waals surface area contributed by atoms with E-state index in [-0.39, 0.29) is 23.3 Å². The van der Waals surface area contributed by atoms with Gasteiger partial charge in [-0.15, -0.1) is 0 Å². The first-order valence-electron chi connectivity index (χ1n) is 12.6. The van der Waals surface area contributed by atoms with E-state index in [1.54, 1.807) is 73.7 Å². The molecule has 0 aliphatic carbocycles. The van der Waals surface area contributed by atoms with Gasteiger partial charge in [-0.2, -0.15) is 0 Å². The fourth-order valence-corrected chi connectivity index (χ4v) is 5.45. The standard InChI is InChI=1S/C29H34ClN3O5S/c1-21(2)18-31-29(35)22(3)32(19-23-10-8-9-13-27(23)30)28(34)20-33(24-11-6-5-7-12-24)39(36,37)26-16-14-25(38-4)15-17-26/h5-17,21-22H,18-20H2,1-4H3,(H,31,35)/t22-/m0/s1. The second-order valence-corrected chi connectivity index (χ2v) is 11.7. The van der Waals surface area contributed by atoms with Crippen LogP contribution in [0, 0.1) is 5.92 Å². The van der Waals surface area contributed by atoms with Crippen molar-refractivity contribution in [3.05, 3.63) is 89.4 Å². The highest BCUT2D eigenvalue weighted by Crippen LogP contribution is 2.26. The summed E-state index contributed by atoms with van der Waals surface area (Å²) >= 11 is 6.38. The van der Waals surface area contributed by atoms with Gasteiger partial charge in [0.05, 0.1) is 17.7 Å². The molecule has 1 N–H and O–H groups in total. The Kier molecular flexibility index (Phi) is 10.4. The molecule has 0 bridgehead atoms. The van der Waals surface area contributed by atoms with Crippen LogP contribution < -0.4 is 14.4 Å². The lowest BCUT2D eigenvalue weighted by Gasteiger charge is -2.32. The maximum Gasteiger partial charge on any atom is 0.264 e. The number of halogens is 1. The van der Waals surface area contributed by atoms with Crippen LogP contribution in [0.3, 0.4) is 0 Å². The van der Waals surface area contributed by atoms with Crippen molar-refractivity contribution in [2.75, 3.05) is 24.5 Å². The van der Waals surface area contributed by atoms with Crippen LogP contribution in [0.2, 0.25) is 5.02 Å². The summed E-state index contributed by atoms with van der Waals surface area (Å²) in [6.45, 7) is 5.51. The molecule has 3 rings (SSSR count). The second kappa shape index (κ2) is 13.5. The summed E-state index contributed by atoms with van der Waals surface area (Å²) < 4.78 is 33.8. The molecule has 39 heavy (non-hydrogen) atoms. The van der Waals surface area contributed by atoms with Crippen molar-refractivity contribution in [3.8, 4) is 5.75 Å². The number of anilines is 1. The highest BCUT2D eigenvalue weighted by Gasteiger charge is 2.32. The van der Waals surface area contributed by atoms with Crippen molar-refractivity contribution in [2.24, 2.45) is 5.92 Å². The van der Waals surface area contributed by atoms with Gasteiger partial charge in [0.25, 0.3) is 10.0 Å². The van der Waals surface area contributed by atoms with Gasteiger partial charge in [0, 0.05) is 18.1 Å². The molecule has 0 radical (unpaired) electrons. The number of nitrogens with zero attached hydrogens (tertiary/aromatic N) is 2. The Hall–Kier alpha value is -3.56. The Morgan fingerprint density at radius 2 is 1.54 bits per heavy atom. The van der Waals surface area contributed by atoms with E-state index < -0.39 is 28.5 Å². The number of para-hydroxylation sites is 1. The lowest BCUT2D eigenvalue weighted by atomic mass is 10.1. The summed E-state index contributed by atoms with van der Waals surface area (Å²) in [5.41, 5.74) is 0.955. The first-order chi connectivity index (χ1) is 18.5. The Balaban J connectivity index is 1.99. The minimum atomic E-state index is -4.15. The first-order valence-corrected chi connectivity index (χ1v) is 14.4. The summed E-state index contributed by atoms with van der Waals surface area (Å²) in [7, 11) is -2.66. The summed E-state index contributed by atoms with van der Waals surface area (Å²) in [5.74, 6) is -0.169. The molecule has 3 aromatic carbocycles. The van der Waals surface area contributed by atoms with Gasteiger partial charge in [0.2, 0.25) is 11.8 Å². The van der Waals surface area contributed by atoms with Crippen LogP contribution in [-0.2, 0) is 26.2 Å². The third-order valence-corrected chi connectivity index (χ3v) is 8.28. The fourth-order valence-electron chi connectivity index (χ4n) is 3.84. The molecule has 10 heteroatoms. The predicted molar refractivity (Wildman–Crippen MR) is 153 cm³/mol. The molecule has 0 heterocycles. The van der Waals surface area contributed by atoms with Crippen LogP contribution in [0.5, 0.6) is 5.75 Å². The maximum absolute atomic E-state index is 13.9. The molecule has 0 aromatic heterocycles. The van der Waals surface area contributed by atoms with Crippen molar-refractivity contribution in [3.63, 3.8) is 0 Å². The van der Waals surface area contributed by atoms with Crippen molar-refractivity contribution in [1.29, 1.82) is 0 Å². The number of carbonyl (C=O) groups excluding carboxylic acids is 2. The average molecular weight is 572 g/mol. The average Bonchev–Trinajstić information content (AvgIpc) is 2.94. The van der Waals surface area contributed by atoms with E-state index in [2.05, 4.69) is 5.32 Å². The van der Waals surface area contributed by atoms with Gasteiger partial charge in [0.15, 0.2) is 0 Å². The van der Waals surface area contributed by atoms with Gasteiger partial charge < -0.3 is 15.0 Å². The number of ether oxygens (including phenoxy) is 1. The predicted octanol–water partition coefficient (Wildman–Crippen LogP) is 4.73. The molecule has 0 aliphatic rings. The van der Waals surface area contributed by atoms with Gasteiger partial charge in [0.1, 0.15) is 18.3 Å². The zero-order chi connectivity index (χ0) is 28.6. The molecule has 3 aromatic rings. The van der Waals surface area contributed by atoms with E-state index in [4.69, 9.17) is 16.3 Å². The number of sulfonamides is 1. The largest absolute Gasteiger partial charge is 0.497 e. The number of rotatable bonds is 12. The molecular formula is C29H34ClN3O5S. The molecule has 0 saturated heterocycles. The van der Waals surface area contributed by atoms with Crippen molar-refractivity contribution in [1.82, 2.24) is 10.2 Å². The van der Waals surface area contributed by atoms with Crippen LogP contribution in [-0.4, -0.2) is 51.4 Å². The molecular weight excluding hydrogens is 538 g/mol. The Bertz CT molecular complexity index is 1370. The minimum absolute atomic E-state index is 0.000307. The van der Waals surface area contributed by atoms with Crippen molar-refractivity contribution >= 4 is 39.1 Å². The van der Waals surface area contributed by atoms with Crippen LogP contribution in [0.1, 0.15) is 26.3 Å². The zero-order valence-electron chi connectivity index (χ0n) is 22.5. The normalized spacial score (nSPS) is 12.1. The molecule has 0 aliphatic heterocycles. The fraction of sp³-hybridized carbons (Fsp3) is 0.310.